The first-order chi connectivity index (χ1) is 14.3. The summed E-state index contributed by atoms with van der Waals surface area (Å²) in [4.78, 5) is -0.552. The highest BCUT2D eigenvalue weighted by Gasteiger charge is 2.23. The average Bonchev–Trinajstić information content (AvgIpc) is 2.72. The van der Waals surface area contributed by atoms with Crippen molar-refractivity contribution in [3.05, 3.63) is 60.7 Å². The molecule has 0 saturated heterocycles. The number of benzene rings is 4. The van der Waals surface area contributed by atoms with Gasteiger partial charge in [-0.15, -0.1) is 10.2 Å². The van der Waals surface area contributed by atoms with E-state index in [4.69, 9.17) is 4.74 Å². The quantitative estimate of drug-likeness (QED) is 0.310. The van der Waals surface area contributed by atoms with Gasteiger partial charge in [0.05, 0.1) is 7.11 Å². The molecule has 0 radical (unpaired) electrons. The van der Waals surface area contributed by atoms with Gasteiger partial charge in [-0.05, 0) is 11.5 Å². The molecule has 4 rings (SSSR count). The third-order valence-corrected chi connectivity index (χ3v) is 5.57. The van der Waals surface area contributed by atoms with Crippen LogP contribution in [0.2, 0.25) is 0 Å². The molecule has 0 aromatic heterocycles. The zero-order valence-electron chi connectivity index (χ0n) is 15.6. The van der Waals surface area contributed by atoms with Gasteiger partial charge in [0.1, 0.15) is 27.8 Å². The van der Waals surface area contributed by atoms with Crippen LogP contribution in [0.25, 0.3) is 21.5 Å². The van der Waals surface area contributed by atoms with Gasteiger partial charge in [-0.2, -0.15) is 8.42 Å². The van der Waals surface area contributed by atoms with Gasteiger partial charge >= 0.3 is 0 Å². The first kappa shape index (κ1) is 19.6. The smallest absolute Gasteiger partial charge is 0.297 e. The first-order valence-corrected chi connectivity index (χ1v) is 10.2. The van der Waals surface area contributed by atoms with Gasteiger partial charge in [0, 0.05) is 22.2 Å². The minimum absolute atomic E-state index is 0.0198. The summed E-state index contributed by atoms with van der Waals surface area (Å²) in [6, 6.07) is 15.9. The molecule has 8 nitrogen and oxygen atoms in total. The molecule has 0 aliphatic carbocycles. The lowest BCUT2D eigenvalue weighted by Gasteiger charge is -2.11. The van der Waals surface area contributed by atoms with E-state index >= 15 is 0 Å². The Balaban J connectivity index is 2.01. The maximum Gasteiger partial charge on any atom is 0.297 e. The van der Waals surface area contributed by atoms with Crippen LogP contribution in [0.3, 0.4) is 0 Å². The zero-order chi connectivity index (χ0) is 21.5. The van der Waals surface area contributed by atoms with Gasteiger partial charge < -0.3 is 14.9 Å². The van der Waals surface area contributed by atoms with E-state index in [2.05, 4.69) is 10.2 Å². The first-order valence-electron chi connectivity index (χ1n) is 8.74. The number of azo groups is 1. The Hall–Kier alpha value is -3.69. The van der Waals surface area contributed by atoms with Crippen molar-refractivity contribution in [1.82, 2.24) is 0 Å². The fourth-order valence-corrected chi connectivity index (χ4v) is 4.18. The molecule has 9 heteroatoms. The second kappa shape index (κ2) is 7.29. The molecule has 4 aromatic carbocycles. The molecule has 0 bridgehead atoms. The number of phenols is 2. The Morgan fingerprint density at radius 1 is 0.800 bits per heavy atom. The maximum atomic E-state index is 12.1. The standard InChI is InChI=1S/C21H16N2O6S/c1-29-18-11-16(24)14-8-4-5-9-15(14)19(18)22-23-20-17(25)10-12-6-2-3-7-13(12)21(20)30(26,27)28/h2-11,24-25H,1H3,(H,26,27,28). The molecule has 0 fully saturated rings. The fourth-order valence-electron chi connectivity index (χ4n) is 3.32. The van der Waals surface area contributed by atoms with Crippen molar-refractivity contribution in [3.63, 3.8) is 0 Å². The predicted molar refractivity (Wildman–Crippen MR) is 112 cm³/mol. The molecule has 0 saturated carbocycles. The monoisotopic (exact) mass is 424 g/mol. The molecule has 0 heterocycles. The van der Waals surface area contributed by atoms with Gasteiger partial charge in [-0.1, -0.05) is 48.5 Å². The molecule has 0 amide bonds. The number of hydrogen-bond acceptors (Lipinski definition) is 7. The second-order valence-corrected chi connectivity index (χ2v) is 7.82. The molecule has 0 spiro atoms. The van der Waals surface area contributed by atoms with Gasteiger partial charge in [0.25, 0.3) is 10.1 Å². The number of ether oxygens (including phenoxy) is 1. The van der Waals surface area contributed by atoms with Gasteiger partial charge in [0.15, 0.2) is 5.75 Å². The van der Waals surface area contributed by atoms with E-state index in [0.717, 1.165) is 0 Å². The SMILES string of the molecule is COc1cc(O)c2ccccc2c1N=Nc1c(O)cc2ccccc2c1S(=O)(=O)O. The summed E-state index contributed by atoms with van der Waals surface area (Å²) in [7, 11) is -3.35. The van der Waals surface area contributed by atoms with E-state index in [-0.39, 0.29) is 22.6 Å². The summed E-state index contributed by atoms with van der Waals surface area (Å²) >= 11 is 0. The van der Waals surface area contributed by atoms with Crippen LogP contribution in [0.5, 0.6) is 17.2 Å². The van der Waals surface area contributed by atoms with Crippen LogP contribution in [0.4, 0.5) is 11.4 Å². The lowest BCUT2D eigenvalue weighted by molar-refractivity contribution is 0.410. The maximum absolute atomic E-state index is 12.1. The highest BCUT2D eigenvalue weighted by Crippen LogP contribution is 2.44. The van der Waals surface area contributed by atoms with E-state index < -0.39 is 26.5 Å². The second-order valence-electron chi connectivity index (χ2n) is 6.46. The molecule has 4 aromatic rings. The van der Waals surface area contributed by atoms with E-state index in [1.165, 1.54) is 25.3 Å². The summed E-state index contributed by atoms with van der Waals surface area (Å²) in [6.45, 7) is 0. The molecule has 0 atom stereocenters. The predicted octanol–water partition coefficient (Wildman–Crippen LogP) is 5.07. The van der Waals surface area contributed by atoms with E-state index in [0.29, 0.717) is 16.2 Å². The van der Waals surface area contributed by atoms with Gasteiger partial charge in [0.2, 0.25) is 0 Å². The number of aromatic hydroxyl groups is 2. The van der Waals surface area contributed by atoms with Crippen LogP contribution < -0.4 is 4.74 Å². The highest BCUT2D eigenvalue weighted by molar-refractivity contribution is 7.86. The topological polar surface area (TPSA) is 129 Å². The third-order valence-electron chi connectivity index (χ3n) is 4.64. The zero-order valence-corrected chi connectivity index (χ0v) is 16.5. The fraction of sp³-hybridized carbons (Fsp3) is 0.0476. The van der Waals surface area contributed by atoms with Crippen molar-refractivity contribution >= 4 is 43.0 Å². The van der Waals surface area contributed by atoms with Crippen molar-refractivity contribution in [2.75, 3.05) is 7.11 Å². The number of nitrogens with zero attached hydrogens (tertiary/aromatic N) is 2. The van der Waals surface area contributed by atoms with Gasteiger partial charge in [-0.3, -0.25) is 4.55 Å². The third kappa shape index (κ3) is 3.30. The van der Waals surface area contributed by atoms with Crippen molar-refractivity contribution in [1.29, 1.82) is 0 Å². The van der Waals surface area contributed by atoms with Crippen molar-refractivity contribution in [2.45, 2.75) is 4.90 Å². The minimum Gasteiger partial charge on any atom is -0.507 e. The summed E-state index contributed by atoms with van der Waals surface area (Å²) in [5.74, 6) is -0.288. The summed E-state index contributed by atoms with van der Waals surface area (Å²) in [6.07, 6.45) is 0. The molecule has 30 heavy (non-hydrogen) atoms. The van der Waals surface area contributed by atoms with Crippen LogP contribution in [0.15, 0.2) is 75.8 Å². The van der Waals surface area contributed by atoms with Crippen LogP contribution in [0, 0.1) is 0 Å². The molecule has 0 aliphatic rings. The summed E-state index contributed by atoms with van der Waals surface area (Å²) in [5, 5.41) is 30.3. The van der Waals surface area contributed by atoms with Crippen LogP contribution in [0.1, 0.15) is 0 Å². The molecular formula is C21H16N2O6S. The summed E-state index contributed by atoms with van der Waals surface area (Å²) < 4.78 is 39.3. The molecule has 152 valence electrons. The van der Waals surface area contributed by atoms with Crippen LogP contribution in [-0.2, 0) is 10.1 Å². The molecule has 0 unspecified atom stereocenters. The molecular weight excluding hydrogens is 408 g/mol. The lowest BCUT2D eigenvalue weighted by atomic mass is 10.1. The lowest BCUT2D eigenvalue weighted by Crippen LogP contribution is -2.00. The Kier molecular flexibility index (Phi) is 4.76. The van der Waals surface area contributed by atoms with E-state index in [1.807, 2.05) is 0 Å². The Morgan fingerprint density at radius 3 is 2.07 bits per heavy atom. The number of fused-ring (bicyclic) bond motifs is 2. The summed E-state index contributed by atoms with van der Waals surface area (Å²) in [5.41, 5.74) is -0.185. The molecule has 0 aliphatic heterocycles. The van der Waals surface area contributed by atoms with Crippen LogP contribution >= 0.6 is 0 Å². The average molecular weight is 424 g/mol. The minimum atomic E-state index is -4.74. The number of phenolic OH excluding ortho intramolecular Hbond substituents is 2. The highest BCUT2D eigenvalue weighted by atomic mass is 32.2. The van der Waals surface area contributed by atoms with Gasteiger partial charge in [-0.25, -0.2) is 0 Å². The van der Waals surface area contributed by atoms with Crippen molar-refractivity contribution < 1.29 is 27.9 Å². The van der Waals surface area contributed by atoms with Crippen LogP contribution in [-0.4, -0.2) is 30.3 Å². The van der Waals surface area contributed by atoms with E-state index in [1.54, 1.807) is 42.5 Å². The Morgan fingerprint density at radius 2 is 1.40 bits per heavy atom. The number of rotatable bonds is 4. The molecule has 3 N–H and O–H groups in total. The largest absolute Gasteiger partial charge is 0.507 e. The number of methoxy groups -OCH3 is 1. The van der Waals surface area contributed by atoms with E-state index in [9.17, 15) is 23.2 Å². The Bertz CT molecular complexity index is 1430. The van der Waals surface area contributed by atoms with Crippen molar-refractivity contribution in [3.8, 4) is 17.2 Å². The van der Waals surface area contributed by atoms with Crippen molar-refractivity contribution in [2.24, 2.45) is 10.2 Å². The Labute approximate surface area is 171 Å². The normalized spacial score (nSPS) is 12.1. The number of hydrogen-bond donors (Lipinski definition) is 3.